The fraction of sp³-hybridized carbons (Fsp3) is 0.529. The van der Waals surface area contributed by atoms with Gasteiger partial charge in [0.1, 0.15) is 12.4 Å². The number of anilines is 1. The van der Waals surface area contributed by atoms with E-state index in [1.54, 1.807) is 12.5 Å². The number of hydrogen-bond acceptors (Lipinski definition) is 6. The Morgan fingerprint density at radius 2 is 2.17 bits per heavy atom. The third kappa shape index (κ3) is 3.89. The van der Waals surface area contributed by atoms with E-state index in [9.17, 15) is 0 Å². The van der Waals surface area contributed by atoms with Gasteiger partial charge in [-0.1, -0.05) is 0 Å². The quantitative estimate of drug-likeness (QED) is 0.878. The predicted octanol–water partition coefficient (Wildman–Crippen LogP) is 1.93. The van der Waals surface area contributed by atoms with E-state index in [2.05, 4.69) is 17.3 Å². The second kappa shape index (κ2) is 7.57. The molecule has 0 radical (unpaired) electrons. The van der Waals surface area contributed by atoms with Crippen LogP contribution in [0.15, 0.2) is 23.0 Å². The van der Waals surface area contributed by atoms with Gasteiger partial charge in [-0.3, -0.25) is 0 Å². The van der Waals surface area contributed by atoms with Gasteiger partial charge in [0, 0.05) is 44.3 Å². The summed E-state index contributed by atoms with van der Waals surface area (Å²) in [5.41, 5.74) is 3.54. The molecule has 6 heteroatoms. The van der Waals surface area contributed by atoms with Gasteiger partial charge in [-0.25, -0.2) is 9.97 Å². The third-order valence-corrected chi connectivity index (χ3v) is 4.00. The van der Waals surface area contributed by atoms with Crippen LogP contribution in [0.4, 0.5) is 5.82 Å². The third-order valence-electron chi connectivity index (χ3n) is 4.00. The van der Waals surface area contributed by atoms with Crippen LogP contribution in [-0.4, -0.2) is 36.7 Å². The number of hydrogen-bond donors (Lipinski definition) is 1. The first-order valence-electron chi connectivity index (χ1n) is 8.17. The van der Waals surface area contributed by atoms with Gasteiger partial charge < -0.3 is 19.4 Å². The van der Waals surface area contributed by atoms with E-state index in [0.717, 1.165) is 55.4 Å². The van der Waals surface area contributed by atoms with Crippen LogP contribution < -0.4 is 10.2 Å². The molecule has 0 bridgehead atoms. The summed E-state index contributed by atoms with van der Waals surface area (Å²) in [5, 5.41) is 3.44. The molecular weight excluding hydrogens is 292 g/mol. The van der Waals surface area contributed by atoms with E-state index in [4.69, 9.17) is 19.1 Å². The van der Waals surface area contributed by atoms with Gasteiger partial charge in [-0.05, 0) is 26.0 Å². The first kappa shape index (κ1) is 16.0. The Hall–Kier alpha value is -1.92. The zero-order valence-electron chi connectivity index (χ0n) is 13.8. The van der Waals surface area contributed by atoms with Gasteiger partial charge in [0.15, 0.2) is 5.82 Å². The van der Waals surface area contributed by atoms with Crippen molar-refractivity contribution in [2.75, 3.05) is 31.6 Å². The van der Waals surface area contributed by atoms with E-state index >= 15 is 0 Å². The molecule has 0 unspecified atom stereocenters. The molecule has 2 aromatic heterocycles. The molecule has 124 valence electrons. The Balaban J connectivity index is 1.91. The van der Waals surface area contributed by atoms with Crippen molar-refractivity contribution in [3.63, 3.8) is 0 Å². The van der Waals surface area contributed by atoms with Crippen molar-refractivity contribution in [3.8, 4) is 0 Å². The van der Waals surface area contributed by atoms with Crippen LogP contribution >= 0.6 is 0 Å². The zero-order chi connectivity index (χ0) is 16.1. The van der Waals surface area contributed by atoms with Crippen LogP contribution in [0.3, 0.4) is 0 Å². The second-order valence-corrected chi connectivity index (χ2v) is 5.76. The molecule has 0 spiro atoms. The minimum atomic E-state index is 0.462. The van der Waals surface area contributed by atoms with Gasteiger partial charge in [-0.2, -0.15) is 0 Å². The summed E-state index contributed by atoms with van der Waals surface area (Å²) < 4.78 is 10.7. The lowest BCUT2D eigenvalue weighted by molar-refractivity contribution is 0.128. The average Bonchev–Trinajstić information content (AvgIpc) is 2.95. The molecule has 23 heavy (non-hydrogen) atoms. The molecule has 1 aliphatic rings. The van der Waals surface area contributed by atoms with Gasteiger partial charge in [0.25, 0.3) is 0 Å². The monoisotopic (exact) mass is 316 g/mol. The molecule has 0 atom stereocenters. The van der Waals surface area contributed by atoms with Gasteiger partial charge in [0.2, 0.25) is 0 Å². The zero-order valence-corrected chi connectivity index (χ0v) is 13.8. The highest BCUT2D eigenvalue weighted by Crippen LogP contribution is 2.24. The second-order valence-electron chi connectivity index (χ2n) is 5.76. The number of aromatic nitrogens is 2. The van der Waals surface area contributed by atoms with E-state index in [-0.39, 0.29) is 0 Å². The smallest absolute Gasteiger partial charge is 0.156 e. The molecule has 3 heterocycles. The van der Waals surface area contributed by atoms with Crippen LogP contribution in [0, 0.1) is 0 Å². The molecule has 2 aromatic rings. The van der Waals surface area contributed by atoms with Crippen molar-refractivity contribution in [1.29, 1.82) is 0 Å². The summed E-state index contributed by atoms with van der Waals surface area (Å²) in [7, 11) is 2.07. The maximum absolute atomic E-state index is 5.51. The molecule has 3 rings (SSSR count). The van der Waals surface area contributed by atoms with E-state index in [1.165, 1.54) is 5.56 Å². The topological polar surface area (TPSA) is 63.4 Å². The number of fused-ring (bicyclic) bond motifs is 1. The number of furan rings is 1. The molecule has 0 amide bonds. The predicted molar refractivity (Wildman–Crippen MR) is 88.5 cm³/mol. The Bertz CT molecular complexity index is 628. The van der Waals surface area contributed by atoms with Crippen LogP contribution in [0.25, 0.3) is 0 Å². The van der Waals surface area contributed by atoms with Gasteiger partial charge in [0.05, 0.1) is 18.2 Å². The van der Waals surface area contributed by atoms with Crippen molar-refractivity contribution < 1.29 is 9.15 Å². The summed E-state index contributed by atoms with van der Waals surface area (Å²) in [4.78, 5) is 11.7. The molecule has 6 nitrogen and oxygen atoms in total. The van der Waals surface area contributed by atoms with Crippen molar-refractivity contribution in [3.05, 3.63) is 41.2 Å². The van der Waals surface area contributed by atoms with Gasteiger partial charge >= 0.3 is 0 Å². The highest BCUT2D eigenvalue weighted by molar-refractivity contribution is 5.50. The van der Waals surface area contributed by atoms with E-state index in [0.29, 0.717) is 13.2 Å². The minimum Gasteiger partial charge on any atom is -0.472 e. The maximum Gasteiger partial charge on any atom is 0.156 e. The Morgan fingerprint density at radius 3 is 2.96 bits per heavy atom. The van der Waals surface area contributed by atoms with Gasteiger partial charge in [-0.15, -0.1) is 0 Å². The first-order chi connectivity index (χ1) is 11.3. The van der Waals surface area contributed by atoms with Crippen LogP contribution in [0.2, 0.25) is 0 Å². The molecule has 0 aliphatic carbocycles. The average molecular weight is 316 g/mol. The molecule has 0 saturated carbocycles. The maximum atomic E-state index is 5.51. The Kier molecular flexibility index (Phi) is 5.25. The van der Waals surface area contributed by atoms with Crippen molar-refractivity contribution in [1.82, 2.24) is 15.3 Å². The first-order valence-corrected chi connectivity index (χ1v) is 8.17. The lowest BCUT2D eigenvalue weighted by Crippen LogP contribution is -2.22. The highest BCUT2D eigenvalue weighted by atomic mass is 16.5. The molecule has 1 N–H and O–H groups in total. The normalized spacial score (nSPS) is 14.3. The Labute approximate surface area is 136 Å². The van der Waals surface area contributed by atoms with Crippen molar-refractivity contribution in [2.45, 2.75) is 32.9 Å². The summed E-state index contributed by atoms with van der Waals surface area (Å²) in [6.07, 6.45) is 5.37. The number of nitrogens with zero attached hydrogens (tertiary/aromatic N) is 3. The lowest BCUT2D eigenvalue weighted by atomic mass is 10.1. The van der Waals surface area contributed by atoms with Crippen LogP contribution in [0.1, 0.15) is 29.6 Å². The fourth-order valence-electron chi connectivity index (χ4n) is 2.88. The molecule has 1 aliphatic heterocycles. The van der Waals surface area contributed by atoms with Crippen molar-refractivity contribution >= 4 is 5.82 Å². The summed E-state index contributed by atoms with van der Waals surface area (Å²) in [5.74, 6) is 1.77. The van der Waals surface area contributed by atoms with Crippen LogP contribution in [0.5, 0.6) is 0 Å². The molecule has 0 saturated heterocycles. The molecule has 0 fully saturated rings. The van der Waals surface area contributed by atoms with Crippen molar-refractivity contribution in [2.24, 2.45) is 0 Å². The summed E-state index contributed by atoms with van der Waals surface area (Å²) >= 11 is 0. The standard InChI is InChI=1S/C17H24N4O2/c1-3-22-12-16-19-15-5-8-18-7-4-14(15)17(20-16)21(2)10-13-6-9-23-11-13/h6,9,11,18H,3-5,7-8,10,12H2,1-2H3. The minimum absolute atomic E-state index is 0.462. The largest absolute Gasteiger partial charge is 0.472 e. The number of ether oxygens (including phenoxy) is 1. The Morgan fingerprint density at radius 1 is 1.30 bits per heavy atom. The van der Waals surface area contributed by atoms with E-state index in [1.807, 2.05) is 13.0 Å². The summed E-state index contributed by atoms with van der Waals surface area (Å²) in [6.45, 7) is 5.81. The fourth-order valence-corrected chi connectivity index (χ4v) is 2.88. The summed E-state index contributed by atoms with van der Waals surface area (Å²) in [6, 6.07) is 1.99. The molecule has 0 aromatic carbocycles. The number of nitrogens with one attached hydrogen (secondary N) is 1. The highest BCUT2D eigenvalue weighted by Gasteiger charge is 2.19. The number of rotatable bonds is 6. The SMILES string of the molecule is CCOCc1nc2c(c(N(C)Cc3ccoc3)n1)CCNCC2. The van der Waals surface area contributed by atoms with Crippen LogP contribution in [-0.2, 0) is 30.7 Å². The molecular formula is C17H24N4O2. The lowest BCUT2D eigenvalue weighted by Gasteiger charge is -2.22. The van der Waals surface area contributed by atoms with E-state index < -0.39 is 0 Å².